The molecule has 0 spiro atoms. The number of methoxy groups -OCH3 is 2. The number of aromatic amines is 2. The number of nitrogens with one attached hydrogen (secondary N) is 2. The zero-order chi connectivity index (χ0) is 19.4. The molecule has 0 unspecified atom stereocenters. The summed E-state index contributed by atoms with van der Waals surface area (Å²) in [5.74, 6) is -0.715. The minimum absolute atomic E-state index is 0.330. The maximum absolute atomic E-state index is 11.2. The van der Waals surface area contributed by atoms with Gasteiger partial charge < -0.3 is 9.47 Å². The number of halogens is 1. The highest BCUT2D eigenvalue weighted by Gasteiger charge is 2.09. The van der Waals surface area contributed by atoms with Gasteiger partial charge >= 0.3 is 11.9 Å². The third-order valence-electron chi connectivity index (χ3n) is 3.79. The van der Waals surface area contributed by atoms with Crippen LogP contribution < -0.4 is 0 Å². The smallest absolute Gasteiger partial charge is 0.337 e. The van der Waals surface area contributed by atoms with Crippen LogP contribution >= 0.6 is 11.6 Å². The second-order valence-electron chi connectivity index (χ2n) is 5.42. The van der Waals surface area contributed by atoms with Gasteiger partial charge in [0, 0.05) is 10.8 Å². The molecule has 0 amide bonds. The summed E-state index contributed by atoms with van der Waals surface area (Å²) in [6.45, 7) is 0. The van der Waals surface area contributed by atoms with Crippen molar-refractivity contribution in [2.24, 2.45) is 0 Å². The number of carbonyl (C=O) groups excluding carboxylic acids is 2. The molecule has 9 heteroatoms. The summed E-state index contributed by atoms with van der Waals surface area (Å²) in [5.41, 5.74) is 2.63. The van der Waals surface area contributed by atoms with E-state index in [9.17, 15) is 9.59 Å². The lowest BCUT2D eigenvalue weighted by Gasteiger charge is -1.97. The molecule has 0 atom stereocenters. The van der Waals surface area contributed by atoms with Crippen molar-refractivity contribution in [1.29, 1.82) is 0 Å². The van der Waals surface area contributed by atoms with E-state index in [4.69, 9.17) is 11.6 Å². The number of aromatic nitrogens is 4. The molecule has 0 aliphatic heterocycles. The SMILES string of the molecule is COC(=O)c1ccc2[nH]ncc2c1.COC(=O)c1ccc2n[nH]c(Cl)c2c1. The number of H-pyrrole nitrogens is 2. The molecule has 0 fully saturated rings. The Morgan fingerprint density at radius 1 is 0.963 bits per heavy atom. The van der Waals surface area contributed by atoms with Gasteiger partial charge in [0.15, 0.2) is 0 Å². The van der Waals surface area contributed by atoms with Gasteiger partial charge in [0.05, 0.1) is 42.6 Å². The minimum atomic E-state index is -0.385. The van der Waals surface area contributed by atoms with Crippen LogP contribution in [-0.2, 0) is 9.47 Å². The summed E-state index contributed by atoms with van der Waals surface area (Å²) in [5, 5.41) is 15.3. The molecular weight excluding hydrogens is 372 g/mol. The van der Waals surface area contributed by atoms with Crippen molar-refractivity contribution >= 4 is 45.3 Å². The van der Waals surface area contributed by atoms with E-state index in [1.165, 1.54) is 14.2 Å². The molecule has 27 heavy (non-hydrogen) atoms. The monoisotopic (exact) mass is 386 g/mol. The van der Waals surface area contributed by atoms with Gasteiger partial charge in [-0.1, -0.05) is 11.6 Å². The van der Waals surface area contributed by atoms with Crippen molar-refractivity contribution in [1.82, 2.24) is 20.4 Å². The van der Waals surface area contributed by atoms with Crippen LogP contribution in [0.5, 0.6) is 0 Å². The predicted molar refractivity (Wildman–Crippen MR) is 99.9 cm³/mol. The molecule has 4 aromatic rings. The second-order valence-corrected chi connectivity index (χ2v) is 5.80. The van der Waals surface area contributed by atoms with Crippen molar-refractivity contribution in [2.75, 3.05) is 14.2 Å². The van der Waals surface area contributed by atoms with E-state index in [0.717, 1.165) is 21.8 Å². The van der Waals surface area contributed by atoms with E-state index in [-0.39, 0.29) is 11.9 Å². The fraction of sp³-hybridized carbons (Fsp3) is 0.111. The number of hydrogen-bond acceptors (Lipinski definition) is 6. The lowest BCUT2D eigenvalue weighted by atomic mass is 10.2. The fourth-order valence-electron chi connectivity index (χ4n) is 2.41. The number of carbonyl (C=O) groups is 2. The van der Waals surface area contributed by atoms with Crippen LogP contribution in [0.1, 0.15) is 20.7 Å². The van der Waals surface area contributed by atoms with E-state index in [0.29, 0.717) is 16.3 Å². The number of ether oxygens (including phenoxy) is 2. The van der Waals surface area contributed by atoms with Gasteiger partial charge in [-0.2, -0.15) is 10.2 Å². The van der Waals surface area contributed by atoms with Crippen LogP contribution in [0, 0.1) is 0 Å². The van der Waals surface area contributed by atoms with Crippen LogP contribution in [0.3, 0.4) is 0 Å². The molecule has 0 radical (unpaired) electrons. The summed E-state index contributed by atoms with van der Waals surface area (Å²) in [4.78, 5) is 22.3. The lowest BCUT2D eigenvalue weighted by molar-refractivity contribution is 0.0592. The average Bonchev–Trinajstić information content (AvgIpc) is 3.33. The Bertz CT molecular complexity index is 1120. The van der Waals surface area contributed by atoms with Crippen molar-refractivity contribution in [3.8, 4) is 0 Å². The Labute approximate surface area is 158 Å². The normalized spacial score (nSPS) is 10.3. The molecule has 2 aromatic heterocycles. The molecule has 2 heterocycles. The van der Waals surface area contributed by atoms with Crippen molar-refractivity contribution < 1.29 is 19.1 Å². The lowest BCUT2D eigenvalue weighted by Crippen LogP contribution is -2.00. The van der Waals surface area contributed by atoms with E-state index < -0.39 is 0 Å². The topological polar surface area (TPSA) is 110 Å². The number of nitrogens with zero attached hydrogens (tertiary/aromatic N) is 2. The number of hydrogen-bond donors (Lipinski definition) is 2. The summed E-state index contributed by atoms with van der Waals surface area (Å²) in [6, 6.07) is 10.2. The standard InChI is InChI=1S/C9H7ClN2O2.C9H8N2O2/c1-14-9(13)5-2-3-7-6(4-5)8(10)12-11-7;1-13-9(12)6-2-3-8-7(4-6)5-10-11-8/h2-4H,1H3,(H,11,12);2-5H,1H3,(H,10,11). The molecule has 0 aliphatic rings. The zero-order valence-electron chi connectivity index (χ0n) is 14.4. The van der Waals surface area contributed by atoms with Crippen LogP contribution in [0.25, 0.3) is 21.8 Å². The second kappa shape index (κ2) is 7.88. The highest BCUT2D eigenvalue weighted by molar-refractivity contribution is 6.34. The molecule has 2 aromatic carbocycles. The summed E-state index contributed by atoms with van der Waals surface area (Å²) in [7, 11) is 2.70. The van der Waals surface area contributed by atoms with Crippen molar-refractivity contribution in [3.05, 3.63) is 58.9 Å². The molecule has 0 saturated heterocycles. The first-order valence-electron chi connectivity index (χ1n) is 7.77. The molecule has 138 valence electrons. The minimum Gasteiger partial charge on any atom is -0.465 e. The first-order valence-corrected chi connectivity index (χ1v) is 8.14. The van der Waals surface area contributed by atoms with Crippen LogP contribution in [-0.4, -0.2) is 46.6 Å². The Balaban J connectivity index is 0.000000156. The third kappa shape index (κ3) is 3.90. The third-order valence-corrected chi connectivity index (χ3v) is 4.08. The van der Waals surface area contributed by atoms with Gasteiger partial charge in [-0.3, -0.25) is 10.2 Å². The molecule has 4 rings (SSSR count). The van der Waals surface area contributed by atoms with Gasteiger partial charge in [-0.25, -0.2) is 9.59 Å². The van der Waals surface area contributed by atoms with E-state index in [1.807, 2.05) is 0 Å². The van der Waals surface area contributed by atoms with E-state index >= 15 is 0 Å². The Hall–Kier alpha value is -3.39. The Morgan fingerprint density at radius 3 is 2.33 bits per heavy atom. The summed E-state index contributed by atoms with van der Waals surface area (Å²) >= 11 is 5.82. The number of benzene rings is 2. The number of rotatable bonds is 2. The Kier molecular flexibility index (Phi) is 5.37. The maximum atomic E-state index is 11.2. The van der Waals surface area contributed by atoms with Crippen molar-refractivity contribution in [2.45, 2.75) is 0 Å². The fourth-order valence-corrected chi connectivity index (χ4v) is 2.60. The maximum Gasteiger partial charge on any atom is 0.337 e. The number of fused-ring (bicyclic) bond motifs is 2. The predicted octanol–water partition coefficient (Wildman–Crippen LogP) is 3.35. The van der Waals surface area contributed by atoms with Gasteiger partial charge in [-0.05, 0) is 36.4 Å². The molecule has 0 saturated carbocycles. The first kappa shape index (κ1) is 18.4. The van der Waals surface area contributed by atoms with Crippen molar-refractivity contribution in [3.63, 3.8) is 0 Å². The summed E-state index contributed by atoms with van der Waals surface area (Å²) < 4.78 is 9.18. The molecule has 8 nitrogen and oxygen atoms in total. The zero-order valence-corrected chi connectivity index (χ0v) is 15.2. The molecule has 0 bridgehead atoms. The van der Waals surface area contributed by atoms with E-state index in [2.05, 4.69) is 29.9 Å². The highest BCUT2D eigenvalue weighted by Crippen LogP contribution is 2.21. The van der Waals surface area contributed by atoms with Crippen LogP contribution in [0.4, 0.5) is 0 Å². The average molecular weight is 387 g/mol. The van der Waals surface area contributed by atoms with E-state index in [1.54, 1.807) is 42.6 Å². The van der Waals surface area contributed by atoms with Gasteiger partial charge in [0.1, 0.15) is 5.15 Å². The molecular formula is C18H15ClN4O4. The summed E-state index contributed by atoms with van der Waals surface area (Å²) in [6.07, 6.45) is 1.67. The van der Waals surface area contributed by atoms with Gasteiger partial charge in [0.2, 0.25) is 0 Å². The van der Waals surface area contributed by atoms with Crippen LogP contribution in [0.15, 0.2) is 42.6 Å². The first-order chi connectivity index (χ1) is 13.0. The molecule has 2 N–H and O–H groups in total. The largest absolute Gasteiger partial charge is 0.465 e. The highest BCUT2D eigenvalue weighted by atomic mass is 35.5. The number of esters is 2. The van der Waals surface area contributed by atoms with Gasteiger partial charge in [-0.15, -0.1) is 0 Å². The van der Waals surface area contributed by atoms with Crippen LogP contribution in [0.2, 0.25) is 5.15 Å². The molecule has 0 aliphatic carbocycles. The Morgan fingerprint density at radius 2 is 1.63 bits per heavy atom. The van der Waals surface area contributed by atoms with Gasteiger partial charge in [0.25, 0.3) is 0 Å². The quantitative estimate of drug-likeness (QED) is 0.511.